The molecule has 2 aromatic carbocycles. The van der Waals surface area contributed by atoms with Crippen molar-refractivity contribution in [2.24, 2.45) is 12.8 Å². The second-order valence-corrected chi connectivity index (χ2v) is 11.1. The van der Waals surface area contributed by atoms with Crippen LogP contribution in [0.5, 0.6) is 5.75 Å². The van der Waals surface area contributed by atoms with Crippen molar-refractivity contribution in [2.45, 2.75) is 32.8 Å². The van der Waals surface area contributed by atoms with E-state index in [4.69, 9.17) is 10.5 Å². The van der Waals surface area contributed by atoms with Gasteiger partial charge in [-0.2, -0.15) is 0 Å². The number of nitrogens with one attached hydrogen (secondary N) is 1. The first kappa shape index (κ1) is 26.0. The molecule has 0 saturated carbocycles. The number of benzene rings is 2. The first-order valence-corrected chi connectivity index (χ1v) is 12.5. The van der Waals surface area contributed by atoms with Gasteiger partial charge in [0.2, 0.25) is 10.0 Å². The number of primary amides is 1. The lowest BCUT2D eigenvalue weighted by atomic mass is 9.79. The Labute approximate surface area is 203 Å². The molecule has 35 heavy (non-hydrogen) atoms. The number of aromatic carboxylic acids is 1. The zero-order valence-corrected chi connectivity index (χ0v) is 21.2. The smallest absolute Gasteiger partial charge is 0.353 e. The van der Waals surface area contributed by atoms with Crippen molar-refractivity contribution in [3.8, 4) is 16.9 Å². The number of rotatable bonds is 7. The molecule has 11 heteroatoms. The molecular formula is C24H29N3O7S. The van der Waals surface area contributed by atoms with E-state index >= 15 is 0 Å². The van der Waals surface area contributed by atoms with Crippen LogP contribution in [-0.4, -0.2) is 48.4 Å². The van der Waals surface area contributed by atoms with Crippen LogP contribution in [0.25, 0.3) is 22.0 Å². The van der Waals surface area contributed by atoms with Gasteiger partial charge in [0.15, 0.2) is 5.75 Å². The standard InChI is InChI=1S/C24H29N3O7S/c1-24(2,3)15-10-14(22(25)29)21(34-5)18(26-35(6,32)33)17(15)16-13-9-7-8-12(11-28)19(13)27(4)20(16)23(30)31/h7-10,26,28H,11H2,1-6H3,(H2,25,29)(H,30,31). The quantitative estimate of drug-likeness (QED) is 0.385. The predicted octanol–water partition coefficient (Wildman–Crippen LogP) is 2.81. The van der Waals surface area contributed by atoms with E-state index in [9.17, 15) is 28.2 Å². The molecule has 1 aromatic heterocycles. The number of anilines is 1. The third kappa shape index (κ3) is 4.56. The van der Waals surface area contributed by atoms with Gasteiger partial charge in [0.1, 0.15) is 5.69 Å². The molecule has 5 N–H and O–H groups in total. The van der Waals surface area contributed by atoms with E-state index in [1.54, 1.807) is 25.2 Å². The zero-order valence-electron chi connectivity index (χ0n) is 20.4. The van der Waals surface area contributed by atoms with Crippen LogP contribution in [0.4, 0.5) is 5.69 Å². The van der Waals surface area contributed by atoms with Crippen molar-refractivity contribution in [1.82, 2.24) is 4.57 Å². The van der Waals surface area contributed by atoms with Crippen molar-refractivity contribution in [3.63, 3.8) is 0 Å². The Morgan fingerprint density at radius 2 is 1.83 bits per heavy atom. The number of ether oxygens (including phenoxy) is 1. The molecule has 0 atom stereocenters. The van der Waals surface area contributed by atoms with Crippen LogP contribution in [0.2, 0.25) is 0 Å². The van der Waals surface area contributed by atoms with Gasteiger partial charge in [0, 0.05) is 29.1 Å². The first-order valence-electron chi connectivity index (χ1n) is 10.6. The van der Waals surface area contributed by atoms with Crippen molar-refractivity contribution in [1.29, 1.82) is 0 Å². The Kier molecular flexibility index (Phi) is 6.62. The molecule has 0 aliphatic carbocycles. The summed E-state index contributed by atoms with van der Waals surface area (Å²) < 4.78 is 34.2. The number of amides is 1. The number of aliphatic hydroxyl groups excluding tert-OH is 1. The number of methoxy groups -OCH3 is 1. The number of sulfonamides is 1. The lowest BCUT2D eigenvalue weighted by molar-refractivity contribution is 0.0687. The molecule has 0 unspecified atom stereocenters. The van der Waals surface area contributed by atoms with E-state index < -0.39 is 27.3 Å². The van der Waals surface area contributed by atoms with Gasteiger partial charge in [-0.1, -0.05) is 39.0 Å². The minimum Gasteiger partial charge on any atom is -0.494 e. The van der Waals surface area contributed by atoms with Crippen LogP contribution in [0.15, 0.2) is 24.3 Å². The molecule has 0 fully saturated rings. The van der Waals surface area contributed by atoms with Crippen molar-refractivity contribution in [2.75, 3.05) is 18.1 Å². The second kappa shape index (κ2) is 8.90. The fourth-order valence-corrected chi connectivity index (χ4v) is 4.99. The SMILES string of the molecule is COc1c(C(N)=O)cc(C(C)(C)C)c(-c2c(C(=O)O)n(C)c3c(CO)cccc23)c1NS(C)(=O)=O. The summed E-state index contributed by atoms with van der Waals surface area (Å²) in [5.74, 6) is -2.22. The highest BCUT2D eigenvalue weighted by atomic mass is 32.2. The number of aryl methyl sites for hydroxylation is 1. The molecule has 10 nitrogen and oxygen atoms in total. The molecule has 0 spiro atoms. The molecule has 0 aliphatic heterocycles. The predicted molar refractivity (Wildman–Crippen MR) is 133 cm³/mol. The number of carbonyl (C=O) groups excluding carboxylic acids is 1. The molecule has 0 bridgehead atoms. The summed E-state index contributed by atoms with van der Waals surface area (Å²) in [5, 5.41) is 20.6. The van der Waals surface area contributed by atoms with Gasteiger partial charge in [-0.3, -0.25) is 9.52 Å². The number of aromatic nitrogens is 1. The average Bonchev–Trinajstić information content (AvgIpc) is 3.03. The van der Waals surface area contributed by atoms with Crippen LogP contribution < -0.4 is 15.2 Å². The highest BCUT2D eigenvalue weighted by Crippen LogP contribution is 2.49. The number of para-hydroxylation sites is 1. The van der Waals surface area contributed by atoms with Gasteiger partial charge in [-0.15, -0.1) is 0 Å². The van der Waals surface area contributed by atoms with Gasteiger partial charge in [-0.25, -0.2) is 13.2 Å². The monoisotopic (exact) mass is 503 g/mol. The normalized spacial score (nSPS) is 12.1. The number of nitrogens with two attached hydrogens (primary N) is 1. The van der Waals surface area contributed by atoms with E-state index in [0.29, 0.717) is 22.0 Å². The van der Waals surface area contributed by atoms with Gasteiger partial charge in [-0.05, 0) is 17.0 Å². The Balaban J connectivity index is 2.75. The number of hydrogen-bond donors (Lipinski definition) is 4. The lowest BCUT2D eigenvalue weighted by Gasteiger charge is -2.28. The van der Waals surface area contributed by atoms with E-state index in [0.717, 1.165) is 6.26 Å². The molecule has 1 amide bonds. The number of hydrogen-bond acceptors (Lipinski definition) is 6. The number of nitrogens with zero attached hydrogens (tertiary/aromatic N) is 1. The van der Waals surface area contributed by atoms with Crippen molar-refractivity contribution < 1.29 is 33.0 Å². The first-order chi connectivity index (χ1) is 16.1. The minimum absolute atomic E-state index is 0.0551. The van der Waals surface area contributed by atoms with E-state index in [-0.39, 0.29) is 40.4 Å². The summed E-state index contributed by atoms with van der Waals surface area (Å²) in [6.45, 7) is 5.20. The topological polar surface area (TPSA) is 161 Å². The third-order valence-electron chi connectivity index (χ3n) is 5.76. The summed E-state index contributed by atoms with van der Waals surface area (Å²) in [6, 6.07) is 6.55. The third-order valence-corrected chi connectivity index (χ3v) is 6.34. The number of carboxylic acid groups (broad SMARTS) is 1. The van der Waals surface area contributed by atoms with Crippen LogP contribution in [0.3, 0.4) is 0 Å². The molecule has 3 rings (SSSR count). The zero-order chi connectivity index (χ0) is 26.5. The Morgan fingerprint density at radius 1 is 1.20 bits per heavy atom. The molecule has 0 radical (unpaired) electrons. The summed E-state index contributed by atoms with van der Waals surface area (Å²) in [7, 11) is -1.09. The fourth-order valence-electron chi connectivity index (χ4n) is 4.42. The maximum atomic E-state index is 12.5. The van der Waals surface area contributed by atoms with Crippen LogP contribution in [0.1, 0.15) is 52.7 Å². The number of carbonyl (C=O) groups is 2. The molecule has 0 aliphatic rings. The molecule has 1 heterocycles. The summed E-state index contributed by atoms with van der Waals surface area (Å²) in [6.07, 6.45) is 0.939. The highest BCUT2D eigenvalue weighted by Gasteiger charge is 2.34. The van der Waals surface area contributed by atoms with Gasteiger partial charge < -0.3 is 25.3 Å². The molecule has 188 valence electrons. The van der Waals surface area contributed by atoms with Gasteiger partial charge in [0.05, 0.1) is 36.7 Å². The lowest BCUT2D eigenvalue weighted by Crippen LogP contribution is -2.22. The largest absolute Gasteiger partial charge is 0.494 e. The van der Waals surface area contributed by atoms with Crippen LogP contribution in [-0.2, 0) is 29.1 Å². The van der Waals surface area contributed by atoms with E-state index in [2.05, 4.69) is 4.72 Å². The molecule has 0 saturated heterocycles. The van der Waals surface area contributed by atoms with Gasteiger partial charge >= 0.3 is 5.97 Å². The van der Waals surface area contributed by atoms with Crippen molar-refractivity contribution >= 4 is 38.5 Å². The second-order valence-electron chi connectivity index (χ2n) is 9.30. The summed E-state index contributed by atoms with van der Waals surface area (Å²) in [4.78, 5) is 24.9. The Hall–Kier alpha value is -3.57. The van der Waals surface area contributed by atoms with Crippen LogP contribution >= 0.6 is 0 Å². The van der Waals surface area contributed by atoms with E-state index in [1.807, 2.05) is 20.8 Å². The summed E-state index contributed by atoms with van der Waals surface area (Å²) in [5.41, 5.74) is 6.55. The van der Waals surface area contributed by atoms with Crippen molar-refractivity contribution in [3.05, 3.63) is 46.6 Å². The van der Waals surface area contributed by atoms with Crippen LogP contribution in [0, 0.1) is 0 Å². The number of fused-ring (bicyclic) bond motifs is 1. The maximum Gasteiger partial charge on any atom is 0.353 e. The minimum atomic E-state index is -3.91. The summed E-state index contributed by atoms with van der Waals surface area (Å²) >= 11 is 0. The fraction of sp³-hybridized carbons (Fsp3) is 0.333. The molecule has 3 aromatic rings. The number of carboxylic acids is 1. The maximum absolute atomic E-state index is 12.5. The Morgan fingerprint density at radius 3 is 2.29 bits per heavy atom. The Bertz CT molecular complexity index is 1460. The van der Waals surface area contributed by atoms with E-state index in [1.165, 1.54) is 17.7 Å². The average molecular weight is 504 g/mol. The van der Waals surface area contributed by atoms with Gasteiger partial charge in [0.25, 0.3) is 5.91 Å². The number of aliphatic hydroxyl groups is 1. The highest BCUT2D eigenvalue weighted by molar-refractivity contribution is 7.92. The molecular weight excluding hydrogens is 474 g/mol.